The number of carbonyl (C=O) groups is 1. The van der Waals surface area contributed by atoms with Gasteiger partial charge in [-0.3, -0.25) is 15.6 Å². The van der Waals surface area contributed by atoms with Crippen LogP contribution in [0.15, 0.2) is 73.1 Å². The number of ether oxygens (including phenoxy) is 1. The van der Waals surface area contributed by atoms with Crippen molar-refractivity contribution in [3.8, 4) is 11.6 Å². The maximum atomic E-state index is 12.4. The number of hydrazine groups is 1. The number of nitrogens with zero attached hydrogens (tertiary/aromatic N) is 2. The van der Waals surface area contributed by atoms with Crippen molar-refractivity contribution in [3.05, 3.63) is 84.2 Å². The van der Waals surface area contributed by atoms with Gasteiger partial charge in [0.15, 0.2) is 5.82 Å². The van der Waals surface area contributed by atoms with Gasteiger partial charge in [0.1, 0.15) is 17.8 Å². The van der Waals surface area contributed by atoms with E-state index in [1.54, 1.807) is 12.1 Å². The zero-order valence-electron chi connectivity index (χ0n) is 15.7. The second kappa shape index (κ2) is 7.85. The number of anilines is 2. The van der Waals surface area contributed by atoms with Gasteiger partial charge in [0.2, 0.25) is 5.88 Å². The summed E-state index contributed by atoms with van der Waals surface area (Å²) in [7, 11) is 0. The van der Waals surface area contributed by atoms with Crippen molar-refractivity contribution in [1.29, 1.82) is 0 Å². The first-order chi connectivity index (χ1) is 14.1. The zero-order valence-corrected chi connectivity index (χ0v) is 15.7. The molecule has 0 atom stereocenters. The monoisotopic (exact) mass is 385 g/mol. The Morgan fingerprint density at radius 2 is 1.72 bits per heavy atom. The Hall–Kier alpha value is -4.13. The van der Waals surface area contributed by atoms with Gasteiger partial charge in [-0.1, -0.05) is 54.6 Å². The first kappa shape index (κ1) is 18.2. The van der Waals surface area contributed by atoms with Crippen LogP contribution in [-0.4, -0.2) is 15.9 Å². The highest BCUT2D eigenvalue weighted by Crippen LogP contribution is 2.33. The number of hydrogen-bond donors (Lipinski definition) is 3. The quantitative estimate of drug-likeness (QED) is 0.448. The van der Waals surface area contributed by atoms with Gasteiger partial charge < -0.3 is 10.5 Å². The summed E-state index contributed by atoms with van der Waals surface area (Å²) in [6.45, 7) is 1.87. The second-order valence-electron chi connectivity index (χ2n) is 6.41. The molecule has 4 N–H and O–H groups in total. The predicted molar refractivity (Wildman–Crippen MR) is 113 cm³/mol. The normalized spacial score (nSPS) is 10.5. The Morgan fingerprint density at radius 3 is 2.59 bits per heavy atom. The molecule has 0 spiro atoms. The smallest absolute Gasteiger partial charge is 0.269 e. The molecule has 0 unspecified atom stereocenters. The van der Waals surface area contributed by atoms with Crippen molar-refractivity contribution in [1.82, 2.24) is 15.4 Å². The van der Waals surface area contributed by atoms with Crippen molar-refractivity contribution in [2.75, 3.05) is 11.2 Å². The van der Waals surface area contributed by atoms with E-state index in [0.717, 1.165) is 16.3 Å². The van der Waals surface area contributed by atoms with Crippen molar-refractivity contribution in [2.24, 2.45) is 0 Å². The average Bonchev–Trinajstić information content (AvgIpc) is 2.75. The third-order valence-electron chi connectivity index (χ3n) is 4.49. The molecule has 144 valence electrons. The molecular formula is C22H19N5O2. The fourth-order valence-corrected chi connectivity index (χ4v) is 2.96. The lowest BCUT2D eigenvalue weighted by atomic mass is 10.1. The van der Waals surface area contributed by atoms with Crippen LogP contribution in [0, 0.1) is 6.92 Å². The number of aromatic nitrogens is 2. The average molecular weight is 385 g/mol. The third-order valence-corrected chi connectivity index (χ3v) is 4.49. The van der Waals surface area contributed by atoms with Crippen LogP contribution in [0.3, 0.4) is 0 Å². The lowest BCUT2D eigenvalue weighted by Gasteiger charge is -2.14. The maximum Gasteiger partial charge on any atom is 0.269 e. The molecule has 1 heterocycles. The summed E-state index contributed by atoms with van der Waals surface area (Å²) in [6.07, 6.45) is 1.32. The largest absolute Gasteiger partial charge is 0.436 e. The molecule has 29 heavy (non-hydrogen) atoms. The minimum Gasteiger partial charge on any atom is -0.436 e. The van der Waals surface area contributed by atoms with Crippen molar-refractivity contribution in [2.45, 2.75) is 6.92 Å². The number of aryl methyl sites for hydroxylation is 1. The highest BCUT2D eigenvalue weighted by Gasteiger charge is 2.13. The summed E-state index contributed by atoms with van der Waals surface area (Å²) < 4.78 is 5.94. The number of benzene rings is 3. The molecule has 4 aromatic rings. The van der Waals surface area contributed by atoms with E-state index < -0.39 is 0 Å². The number of carbonyl (C=O) groups excluding carboxylic acids is 1. The van der Waals surface area contributed by atoms with E-state index in [1.165, 1.54) is 6.33 Å². The van der Waals surface area contributed by atoms with E-state index in [-0.39, 0.29) is 23.3 Å². The molecule has 0 saturated heterocycles. The van der Waals surface area contributed by atoms with Crippen LogP contribution in [0.1, 0.15) is 15.9 Å². The number of rotatable bonds is 5. The number of amides is 1. The van der Waals surface area contributed by atoms with E-state index in [0.29, 0.717) is 11.3 Å². The van der Waals surface area contributed by atoms with Gasteiger partial charge in [-0.15, -0.1) is 0 Å². The van der Waals surface area contributed by atoms with E-state index in [1.807, 2.05) is 61.5 Å². The highest BCUT2D eigenvalue weighted by atomic mass is 16.5. The molecule has 0 radical (unpaired) electrons. The fourth-order valence-electron chi connectivity index (χ4n) is 2.96. The number of nitrogen functional groups attached to an aromatic ring is 1. The Bertz CT molecular complexity index is 1190. The topological polar surface area (TPSA) is 102 Å². The first-order valence-electron chi connectivity index (χ1n) is 9.01. The minimum absolute atomic E-state index is 0.186. The molecule has 0 fully saturated rings. The van der Waals surface area contributed by atoms with Gasteiger partial charge in [0.25, 0.3) is 5.91 Å². The molecule has 7 nitrogen and oxygen atoms in total. The van der Waals surface area contributed by atoms with Gasteiger partial charge in [-0.2, -0.15) is 4.98 Å². The number of fused-ring (bicyclic) bond motifs is 1. The molecule has 0 saturated carbocycles. The lowest BCUT2D eigenvalue weighted by Crippen LogP contribution is -2.30. The summed E-state index contributed by atoms with van der Waals surface area (Å²) in [6, 6.07) is 20.9. The maximum absolute atomic E-state index is 12.4. The molecular weight excluding hydrogens is 366 g/mol. The minimum atomic E-state index is -0.294. The Kier molecular flexibility index (Phi) is 4.94. The van der Waals surface area contributed by atoms with Crippen molar-refractivity contribution in [3.63, 3.8) is 0 Å². The van der Waals surface area contributed by atoms with Crippen LogP contribution in [0.2, 0.25) is 0 Å². The van der Waals surface area contributed by atoms with Crippen LogP contribution >= 0.6 is 0 Å². The van der Waals surface area contributed by atoms with Crippen LogP contribution < -0.4 is 21.3 Å². The summed E-state index contributed by atoms with van der Waals surface area (Å²) in [4.78, 5) is 20.6. The SMILES string of the molecule is Cc1ccccc1C(=O)NNc1ncnc(Oc2cccc3ccccc23)c1N. The molecule has 1 amide bonds. The number of hydrogen-bond acceptors (Lipinski definition) is 6. The summed E-state index contributed by atoms with van der Waals surface area (Å²) in [5.74, 6) is 0.780. The van der Waals surface area contributed by atoms with E-state index >= 15 is 0 Å². The molecule has 4 rings (SSSR count). The Morgan fingerprint density at radius 1 is 0.966 bits per heavy atom. The summed E-state index contributed by atoms with van der Waals surface area (Å²) >= 11 is 0. The third kappa shape index (κ3) is 3.79. The molecule has 3 aromatic carbocycles. The van der Waals surface area contributed by atoms with Crippen LogP contribution in [0.4, 0.5) is 11.5 Å². The summed E-state index contributed by atoms with van der Waals surface area (Å²) in [5, 5.41) is 1.98. The van der Waals surface area contributed by atoms with Crippen molar-refractivity contribution < 1.29 is 9.53 Å². The van der Waals surface area contributed by atoms with E-state index in [2.05, 4.69) is 20.8 Å². The Labute approximate surface area is 167 Å². The van der Waals surface area contributed by atoms with Gasteiger partial charge in [-0.05, 0) is 30.0 Å². The van der Waals surface area contributed by atoms with E-state index in [9.17, 15) is 4.79 Å². The molecule has 0 aliphatic heterocycles. The number of nitrogens with two attached hydrogens (primary N) is 1. The van der Waals surface area contributed by atoms with Crippen LogP contribution in [0.25, 0.3) is 10.8 Å². The van der Waals surface area contributed by atoms with Crippen LogP contribution in [-0.2, 0) is 0 Å². The molecule has 0 bridgehead atoms. The molecule has 0 aliphatic carbocycles. The van der Waals surface area contributed by atoms with Gasteiger partial charge in [0.05, 0.1) is 0 Å². The predicted octanol–water partition coefficient (Wildman–Crippen LogP) is 4.07. The highest BCUT2D eigenvalue weighted by molar-refractivity contribution is 5.96. The first-order valence-corrected chi connectivity index (χ1v) is 9.01. The van der Waals surface area contributed by atoms with Gasteiger partial charge in [0, 0.05) is 10.9 Å². The zero-order chi connectivity index (χ0) is 20.2. The second-order valence-corrected chi connectivity index (χ2v) is 6.41. The van der Waals surface area contributed by atoms with E-state index in [4.69, 9.17) is 10.5 Å². The molecule has 7 heteroatoms. The number of nitrogens with one attached hydrogen (secondary N) is 2. The molecule has 0 aliphatic rings. The van der Waals surface area contributed by atoms with Crippen molar-refractivity contribution >= 4 is 28.2 Å². The van der Waals surface area contributed by atoms with Gasteiger partial charge in [-0.25, -0.2) is 4.98 Å². The summed E-state index contributed by atoms with van der Waals surface area (Å²) in [5.41, 5.74) is 13.1. The Balaban J connectivity index is 1.55. The standard InChI is InChI=1S/C22H19N5O2/c1-14-7-2-4-10-16(14)21(28)27-26-20-19(23)22(25-13-24-20)29-18-12-6-9-15-8-3-5-11-17(15)18/h2-13H,23H2,1H3,(H,27,28)(H,24,25,26). The molecule has 1 aromatic heterocycles. The lowest BCUT2D eigenvalue weighted by molar-refractivity contribution is 0.0962. The van der Waals surface area contributed by atoms with Crippen LogP contribution in [0.5, 0.6) is 11.6 Å². The fraction of sp³-hybridized carbons (Fsp3) is 0.0455. The van der Waals surface area contributed by atoms with Gasteiger partial charge >= 0.3 is 0 Å².